The normalized spacial score (nSPS) is 24.8. The number of hydrogen-bond acceptors (Lipinski definition) is 3. The molecule has 2 aromatic rings. The van der Waals surface area contributed by atoms with E-state index >= 15 is 0 Å². The smallest absolute Gasteiger partial charge is 0.223 e. The van der Waals surface area contributed by atoms with Gasteiger partial charge in [0.05, 0.1) is 0 Å². The van der Waals surface area contributed by atoms with Crippen LogP contribution in [0.2, 0.25) is 0 Å². The van der Waals surface area contributed by atoms with Crippen LogP contribution >= 0.6 is 0 Å². The molecule has 2 heterocycles. The number of rotatable bonds is 4. The van der Waals surface area contributed by atoms with Crippen LogP contribution in [0.1, 0.15) is 30.4 Å². The van der Waals surface area contributed by atoms with Gasteiger partial charge in [-0.1, -0.05) is 48.5 Å². The van der Waals surface area contributed by atoms with Gasteiger partial charge in [-0.05, 0) is 36.5 Å². The van der Waals surface area contributed by atoms with Gasteiger partial charge >= 0.3 is 0 Å². The first-order valence-electron chi connectivity index (χ1n) is 10.2. The van der Waals surface area contributed by atoms with Gasteiger partial charge in [0.2, 0.25) is 5.91 Å². The monoisotopic (exact) mass is 361 g/mol. The molecule has 1 saturated heterocycles. The van der Waals surface area contributed by atoms with Crippen LogP contribution in [0, 0.1) is 5.92 Å². The molecule has 0 aromatic heterocycles. The fourth-order valence-corrected chi connectivity index (χ4v) is 4.62. The molecule has 0 spiro atoms. The second kappa shape index (κ2) is 7.01. The van der Waals surface area contributed by atoms with Crippen molar-refractivity contribution in [1.29, 1.82) is 0 Å². The van der Waals surface area contributed by atoms with Crippen LogP contribution in [0.5, 0.6) is 0 Å². The topological polar surface area (TPSA) is 35.6 Å². The Labute approximate surface area is 161 Å². The minimum Gasteiger partial charge on any atom is -0.365 e. The predicted molar refractivity (Wildman–Crippen MR) is 107 cm³/mol. The molecule has 27 heavy (non-hydrogen) atoms. The van der Waals surface area contributed by atoms with Crippen LogP contribution in [0.15, 0.2) is 54.6 Å². The van der Waals surface area contributed by atoms with E-state index in [1.165, 1.54) is 16.8 Å². The third-order valence-electron chi connectivity index (χ3n) is 6.18. The molecule has 2 aliphatic heterocycles. The third kappa shape index (κ3) is 3.59. The zero-order chi connectivity index (χ0) is 18.2. The average molecular weight is 361 g/mol. The van der Waals surface area contributed by atoms with Gasteiger partial charge in [0.1, 0.15) is 0 Å². The standard InChI is InChI=1S/C23H27N3O/c27-23(18-10-11-18)24-20-12-21-16-26(13-17-6-2-1-3-7-17)22-9-5-4-8-19(22)14-25(21)15-20/h1-9,18,20-21H,10-16H2,(H,24,27)/t20-,21-/m0/s1. The van der Waals surface area contributed by atoms with E-state index < -0.39 is 0 Å². The highest BCUT2D eigenvalue weighted by atomic mass is 16.2. The first kappa shape index (κ1) is 16.8. The number of fused-ring (bicyclic) bond motifs is 2. The van der Waals surface area contributed by atoms with Crippen molar-refractivity contribution in [2.24, 2.45) is 5.92 Å². The first-order chi connectivity index (χ1) is 13.3. The lowest BCUT2D eigenvalue weighted by Gasteiger charge is -2.28. The van der Waals surface area contributed by atoms with E-state index in [2.05, 4.69) is 69.7 Å². The van der Waals surface area contributed by atoms with Crippen molar-refractivity contribution in [3.63, 3.8) is 0 Å². The van der Waals surface area contributed by atoms with E-state index in [1.807, 2.05) is 0 Å². The molecule has 4 nitrogen and oxygen atoms in total. The Kier molecular flexibility index (Phi) is 4.36. The maximum Gasteiger partial charge on any atom is 0.223 e. The Balaban J connectivity index is 1.36. The summed E-state index contributed by atoms with van der Waals surface area (Å²) in [5.41, 5.74) is 4.09. The maximum atomic E-state index is 12.2. The molecule has 2 fully saturated rings. The molecular formula is C23H27N3O. The minimum atomic E-state index is 0.277. The highest BCUT2D eigenvalue weighted by Gasteiger charge is 2.38. The number of anilines is 1. The van der Waals surface area contributed by atoms with E-state index in [0.717, 1.165) is 45.4 Å². The van der Waals surface area contributed by atoms with Gasteiger partial charge in [-0.2, -0.15) is 0 Å². The summed E-state index contributed by atoms with van der Waals surface area (Å²) >= 11 is 0. The summed E-state index contributed by atoms with van der Waals surface area (Å²) in [5.74, 6) is 0.569. The second-order valence-corrected chi connectivity index (χ2v) is 8.29. The lowest BCUT2D eigenvalue weighted by molar-refractivity contribution is -0.122. The molecule has 4 heteroatoms. The summed E-state index contributed by atoms with van der Waals surface area (Å²) < 4.78 is 0. The van der Waals surface area contributed by atoms with Gasteiger partial charge < -0.3 is 10.2 Å². The predicted octanol–water partition coefficient (Wildman–Crippen LogP) is 3.18. The molecule has 1 N–H and O–H groups in total. The molecule has 1 amide bonds. The summed E-state index contributed by atoms with van der Waals surface area (Å²) in [5, 5.41) is 3.31. The van der Waals surface area contributed by atoms with Crippen molar-refractivity contribution in [3.8, 4) is 0 Å². The zero-order valence-electron chi connectivity index (χ0n) is 15.7. The van der Waals surface area contributed by atoms with Crippen LogP contribution in [-0.2, 0) is 17.9 Å². The number of hydrogen-bond donors (Lipinski definition) is 1. The second-order valence-electron chi connectivity index (χ2n) is 8.29. The Hall–Kier alpha value is -2.33. The third-order valence-corrected chi connectivity index (χ3v) is 6.18. The number of carbonyl (C=O) groups is 1. The van der Waals surface area contributed by atoms with Crippen molar-refractivity contribution >= 4 is 11.6 Å². The number of nitrogens with one attached hydrogen (secondary N) is 1. The fourth-order valence-electron chi connectivity index (χ4n) is 4.62. The SMILES string of the molecule is O=C(N[C@H]1C[C@H]2CN(Cc3ccccc3)c3ccccc3CN2C1)C1CC1. The van der Waals surface area contributed by atoms with E-state index in [9.17, 15) is 4.79 Å². The lowest BCUT2D eigenvalue weighted by atomic mass is 10.1. The highest BCUT2D eigenvalue weighted by molar-refractivity contribution is 5.81. The van der Waals surface area contributed by atoms with E-state index in [4.69, 9.17) is 0 Å². The van der Waals surface area contributed by atoms with Gasteiger partial charge in [0.15, 0.2) is 0 Å². The van der Waals surface area contributed by atoms with Crippen molar-refractivity contribution in [2.45, 2.75) is 44.4 Å². The van der Waals surface area contributed by atoms with Crippen LogP contribution < -0.4 is 10.2 Å². The van der Waals surface area contributed by atoms with Crippen molar-refractivity contribution in [3.05, 3.63) is 65.7 Å². The molecule has 2 aromatic carbocycles. The van der Waals surface area contributed by atoms with Gasteiger partial charge in [-0.15, -0.1) is 0 Å². The van der Waals surface area contributed by atoms with Crippen molar-refractivity contribution in [1.82, 2.24) is 10.2 Å². The van der Waals surface area contributed by atoms with E-state index in [1.54, 1.807) is 0 Å². The number of carbonyl (C=O) groups excluding carboxylic acids is 1. The Morgan fingerprint density at radius 3 is 2.59 bits per heavy atom. The van der Waals surface area contributed by atoms with E-state index in [-0.39, 0.29) is 5.91 Å². The fraction of sp³-hybridized carbons (Fsp3) is 0.435. The van der Waals surface area contributed by atoms with Crippen molar-refractivity contribution in [2.75, 3.05) is 18.0 Å². The van der Waals surface area contributed by atoms with Crippen LogP contribution in [-0.4, -0.2) is 36.0 Å². The molecular weight excluding hydrogens is 334 g/mol. The maximum absolute atomic E-state index is 12.2. The number of nitrogens with zero attached hydrogens (tertiary/aromatic N) is 2. The molecule has 3 aliphatic rings. The average Bonchev–Trinajstić information content (AvgIpc) is 3.48. The number of benzene rings is 2. The number of amides is 1. The summed E-state index contributed by atoms with van der Waals surface area (Å²) in [6.07, 6.45) is 3.20. The van der Waals surface area contributed by atoms with Gasteiger partial charge in [0, 0.05) is 49.9 Å². The highest BCUT2D eigenvalue weighted by Crippen LogP contribution is 2.33. The van der Waals surface area contributed by atoms with Gasteiger partial charge in [-0.3, -0.25) is 9.69 Å². The molecule has 2 atom stereocenters. The van der Waals surface area contributed by atoms with Crippen LogP contribution in [0.3, 0.4) is 0 Å². The molecule has 1 saturated carbocycles. The summed E-state index contributed by atoms with van der Waals surface area (Å²) in [6.45, 7) is 3.89. The Morgan fingerprint density at radius 1 is 1.00 bits per heavy atom. The van der Waals surface area contributed by atoms with Crippen molar-refractivity contribution < 1.29 is 4.79 Å². The summed E-state index contributed by atoms with van der Waals surface area (Å²) in [7, 11) is 0. The molecule has 0 radical (unpaired) electrons. The Bertz CT molecular complexity index is 817. The summed E-state index contributed by atoms with van der Waals surface area (Å²) in [4.78, 5) is 17.3. The van der Waals surface area contributed by atoms with Crippen LogP contribution in [0.4, 0.5) is 5.69 Å². The zero-order valence-corrected chi connectivity index (χ0v) is 15.7. The van der Waals surface area contributed by atoms with E-state index in [0.29, 0.717) is 18.0 Å². The lowest BCUT2D eigenvalue weighted by Crippen LogP contribution is -2.37. The molecule has 5 rings (SSSR count). The van der Waals surface area contributed by atoms with Gasteiger partial charge in [-0.25, -0.2) is 0 Å². The number of para-hydroxylation sites is 1. The molecule has 1 aliphatic carbocycles. The molecule has 0 bridgehead atoms. The minimum absolute atomic E-state index is 0.277. The quantitative estimate of drug-likeness (QED) is 0.909. The molecule has 0 unspecified atom stereocenters. The summed E-state index contributed by atoms with van der Waals surface area (Å²) in [6, 6.07) is 20.3. The molecule has 140 valence electrons. The van der Waals surface area contributed by atoms with Gasteiger partial charge in [0.25, 0.3) is 0 Å². The van der Waals surface area contributed by atoms with Crippen LogP contribution in [0.25, 0.3) is 0 Å². The first-order valence-corrected chi connectivity index (χ1v) is 10.2. The Morgan fingerprint density at radius 2 is 1.78 bits per heavy atom. The largest absolute Gasteiger partial charge is 0.365 e.